The number of hydrogen-bond donors (Lipinski definition) is 3. The molecule has 4 nitrogen and oxygen atoms in total. The fourth-order valence-corrected chi connectivity index (χ4v) is 1.06. The Bertz CT molecular complexity index is 383. The molecule has 0 aromatic heterocycles. The minimum absolute atomic E-state index is 0.0254. The fraction of sp³-hybridized carbons (Fsp3) is 0.111. The van der Waals surface area contributed by atoms with Crippen LogP contribution in [0.5, 0.6) is 0 Å². The van der Waals surface area contributed by atoms with Crippen molar-refractivity contribution < 1.29 is 9.18 Å². The van der Waals surface area contributed by atoms with Crippen LogP contribution in [0.4, 0.5) is 4.39 Å². The van der Waals surface area contributed by atoms with Crippen LogP contribution in [0.1, 0.15) is 5.56 Å². The van der Waals surface area contributed by atoms with Crippen LogP contribution in [-0.4, -0.2) is 11.0 Å². The molecule has 0 fully saturated rings. The van der Waals surface area contributed by atoms with Gasteiger partial charge in [-0.1, -0.05) is 12.1 Å². The van der Waals surface area contributed by atoms with Gasteiger partial charge in [0.05, 0.1) is 6.42 Å². The predicted molar refractivity (Wildman–Crippen MR) is 58.2 cm³/mol. The second-order valence-corrected chi connectivity index (χ2v) is 3.28. The van der Waals surface area contributed by atoms with Crippen LogP contribution in [0.2, 0.25) is 0 Å². The van der Waals surface area contributed by atoms with E-state index in [4.69, 9.17) is 5.73 Å². The van der Waals surface area contributed by atoms with Gasteiger partial charge in [0, 0.05) is 0 Å². The monoisotopic (exact) mass is 227 g/mol. The van der Waals surface area contributed by atoms with E-state index in [1.54, 1.807) is 12.1 Å². The lowest BCUT2D eigenvalue weighted by Crippen LogP contribution is -2.44. The lowest BCUT2D eigenvalue weighted by molar-refractivity contribution is -0.121. The third-order valence-corrected chi connectivity index (χ3v) is 1.68. The Morgan fingerprint density at radius 1 is 1.47 bits per heavy atom. The van der Waals surface area contributed by atoms with E-state index in [-0.39, 0.29) is 23.3 Å². The van der Waals surface area contributed by atoms with Crippen molar-refractivity contribution in [3.8, 4) is 0 Å². The molecule has 0 aliphatic carbocycles. The van der Waals surface area contributed by atoms with Crippen molar-refractivity contribution in [3.05, 3.63) is 35.6 Å². The summed E-state index contributed by atoms with van der Waals surface area (Å²) in [6, 6.07) is 5.80. The summed E-state index contributed by atoms with van der Waals surface area (Å²) in [7, 11) is 0. The van der Waals surface area contributed by atoms with Gasteiger partial charge in [0.1, 0.15) is 5.82 Å². The van der Waals surface area contributed by atoms with Gasteiger partial charge in [0.25, 0.3) is 0 Å². The van der Waals surface area contributed by atoms with E-state index in [0.29, 0.717) is 5.56 Å². The first-order valence-corrected chi connectivity index (χ1v) is 4.57. The van der Waals surface area contributed by atoms with Crippen LogP contribution in [0.15, 0.2) is 24.3 Å². The molecule has 6 heteroatoms. The molecule has 0 heterocycles. The first-order valence-electron chi connectivity index (χ1n) is 4.16. The second kappa shape index (κ2) is 5.26. The van der Waals surface area contributed by atoms with E-state index in [9.17, 15) is 9.18 Å². The van der Waals surface area contributed by atoms with Crippen molar-refractivity contribution >= 4 is 23.2 Å². The van der Waals surface area contributed by atoms with Crippen LogP contribution in [0, 0.1) is 5.82 Å². The van der Waals surface area contributed by atoms with Crippen LogP contribution < -0.4 is 16.6 Å². The van der Waals surface area contributed by atoms with E-state index in [1.807, 2.05) is 0 Å². The van der Waals surface area contributed by atoms with Crippen LogP contribution in [-0.2, 0) is 11.2 Å². The predicted octanol–water partition coefficient (Wildman–Crippen LogP) is 0.233. The molecule has 0 spiro atoms. The van der Waals surface area contributed by atoms with Gasteiger partial charge >= 0.3 is 0 Å². The number of rotatable bonds is 2. The van der Waals surface area contributed by atoms with Gasteiger partial charge in [-0.2, -0.15) is 0 Å². The summed E-state index contributed by atoms with van der Waals surface area (Å²) in [6.07, 6.45) is 0.0629. The summed E-state index contributed by atoms with van der Waals surface area (Å²) >= 11 is 4.49. The molecular weight excluding hydrogens is 217 g/mol. The zero-order chi connectivity index (χ0) is 11.3. The van der Waals surface area contributed by atoms with Crippen molar-refractivity contribution in [2.75, 3.05) is 0 Å². The molecule has 1 aromatic carbocycles. The third kappa shape index (κ3) is 4.37. The summed E-state index contributed by atoms with van der Waals surface area (Å²) < 4.78 is 12.7. The van der Waals surface area contributed by atoms with Crippen LogP contribution in [0.3, 0.4) is 0 Å². The molecule has 0 aliphatic rings. The molecule has 80 valence electrons. The first-order chi connectivity index (χ1) is 7.08. The Hall–Kier alpha value is -1.69. The second-order valence-electron chi connectivity index (χ2n) is 2.84. The Labute approximate surface area is 91.6 Å². The number of hydrazine groups is 1. The van der Waals surface area contributed by atoms with E-state index in [2.05, 4.69) is 23.1 Å². The maximum absolute atomic E-state index is 12.7. The molecule has 0 saturated carbocycles. The number of hydrogen-bond acceptors (Lipinski definition) is 2. The van der Waals surface area contributed by atoms with Gasteiger partial charge in [-0.15, -0.1) is 0 Å². The Kier molecular flexibility index (Phi) is 3.99. The third-order valence-electron chi connectivity index (χ3n) is 1.58. The first kappa shape index (κ1) is 11.4. The highest BCUT2D eigenvalue weighted by atomic mass is 32.1. The summed E-state index contributed by atoms with van der Waals surface area (Å²) in [5.74, 6) is -0.712. The van der Waals surface area contributed by atoms with E-state index in [0.717, 1.165) is 0 Å². The van der Waals surface area contributed by atoms with Crippen molar-refractivity contribution in [2.45, 2.75) is 6.42 Å². The maximum Gasteiger partial charge on any atom is 0.242 e. The lowest BCUT2D eigenvalue weighted by atomic mass is 10.1. The largest absolute Gasteiger partial charge is 0.375 e. The molecule has 0 bridgehead atoms. The number of nitrogens with one attached hydrogen (secondary N) is 2. The minimum Gasteiger partial charge on any atom is -0.375 e. The normalized spacial score (nSPS) is 9.40. The van der Waals surface area contributed by atoms with Crippen molar-refractivity contribution in [1.82, 2.24) is 10.9 Å². The fourth-order valence-electron chi connectivity index (χ4n) is 1.01. The minimum atomic E-state index is -0.373. The maximum atomic E-state index is 12.7. The molecule has 15 heavy (non-hydrogen) atoms. The zero-order valence-corrected chi connectivity index (χ0v) is 8.60. The summed E-state index contributed by atoms with van der Waals surface area (Å²) in [6.45, 7) is 0. The average Bonchev–Trinajstić information content (AvgIpc) is 2.15. The zero-order valence-electron chi connectivity index (χ0n) is 7.79. The van der Waals surface area contributed by atoms with Gasteiger partial charge in [-0.25, -0.2) is 4.39 Å². The number of benzene rings is 1. The van der Waals surface area contributed by atoms with Crippen LogP contribution in [0.25, 0.3) is 0 Å². The number of amides is 1. The van der Waals surface area contributed by atoms with E-state index < -0.39 is 0 Å². The van der Waals surface area contributed by atoms with Crippen molar-refractivity contribution in [2.24, 2.45) is 5.73 Å². The molecule has 0 atom stereocenters. The van der Waals surface area contributed by atoms with Gasteiger partial charge in [0.2, 0.25) is 5.91 Å². The molecule has 1 rings (SSSR count). The quantitative estimate of drug-likeness (QED) is 0.500. The summed E-state index contributed by atoms with van der Waals surface area (Å²) in [4.78, 5) is 11.2. The van der Waals surface area contributed by atoms with Gasteiger partial charge in [-0.05, 0) is 29.9 Å². The lowest BCUT2D eigenvalue weighted by Gasteiger charge is -2.05. The summed E-state index contributed by atoms with van der Waals surface area (Å²) in [5.41, 5.74) is 10.3. The molecule has 0 radical (unpaired) electrons. The summed E-state index contributed by atoms with van der Waals surface area (Å²) in [5, 5.41) is -0.0254. The molecule has 1 aromatic rings. The number of nitrogens with two attached hydrogens (primary N) is 1. The molecule has 1 amide bonds. The van der Waals surface area contributed by atoms with Crippen molar-refractivity contribution in [1.29, 1.82) is 0 Å². The average molecular weight is 227 g/mol. The molecule has 4 N–H and O–H groups in total. The molecule has 0 saturated heterocycles. The number of carbonyl (C=O) groups is 1. The standard InChI is InChI=1S/C9H10FN3OS/c10-7-3-1-2-6(4-7)5-8(14)12-13-9(11)15/h1-4H,5H2,(H,12,14)(H3,11,13,15). The van der Waals surface area contributed by atoms with Gasteiger partial charge in [0.15, 0.2) is 5.11 Å². The Morgan fingerprint density at radius 3 is 2.80 bits per heavy atom. The highest BCUT2D eigenvalue weighted by Crippen LogP contribution is 2.03. The Balaban J connectivity index is 2.48. The number of carbonyl (C=O) groups excluding carboxylic acids is 1. The molecular formula is C9H10FN3OS. The number of halogens is 1. The van der Waals surface area contributed by atoms with E-state index in [1.165, 1.54) is 12.1 Å². The highest BCUT2D eigenvalue weighted by molar-refractivity contribution is 7.80. The van der Waals surface area contributed by atoms with Gasteiger partial charge < -0.3 is 5.73 Å². The van der Waals surface area contributed by atoms with Crippen LogP contribution >= 0.6 is 12.2 Å². The molecule has 0 unspecified atom stereocenters. The van der Waals surface area contributed by atoms with E-state index >= 15 is 0 Å². The SMILES string of the molecule is NC(=S)NNC(=O)Cc1cccc(F)c1. The Morgan fingerprint density at radius 2 is 2.20 bits per heavy atom. The smallest absolute Gasteiger partial charge is 0.242 e. The molecule has 0 aliphatic heterocycles. The topological polar surface area (TPSA) is 67.2 Å². The number of thiocarbonyl (C=S) groups is 1. The van der Waals surface area contributed by atoms with Crippen molar-refractivity contribution in [3.63, 3.8) is 0 Å². The highest BCUT2D eigenvalue weighted by Gasteiger charge is 2.03. The van der Waals surface area contributed by atoms with Gasteiger partial charge in [-0.3, -0.25) is 15.6 Å².